The van der Waals surface area contributed by atoms with Crippen LogP contribution >= 0.6 is 11.6 Å². The summed E-state index contributed by atoms with van der Waals surface area (Å²) in [5.74, 6) is 0. The zero-order valence-corrected chi connectivity index (χ0v) is 7.40. The van der Waals surface area contributed by atoms with E-state index >= 15 is 0 Å². The van der Waals surface area contributed by atoms with Crippen LogP contribution in [0.1, 0.15) is 25.7 Å². The van der Waals surface area contributed by atoms with Gasteiger partial charge in [0.1, 0.15) is 0 Å². The van der Waals surface area contributed by atoms with Crippen molar-refractivity contribution in [3.8, 4) is 0 Å². The van der Waals surface area contributed by atoms with E-state index in [4.69, 9.17) is 17.3 Å². The number of nitrogens with two attached hydrogens (primary N) is 1. The molecule has 0 aromatic carbocycles. The quantitative estimate of drug-likeness (QED) is 0.679. The van der Waals surface area contributed by atoms with Gasteiger partial charge in [0.25, 0.3) is 0 Å². The average molecular weight is 172 g/mol. The molecular weight excluding hydrogens is 158 g/mol. The Kier molecular flexibility index (Phi) is 3.67. The highest BCUT2D eigenvalue weighted by Crippen LogP contribution is 2.21. The van der Waals surface area contributed by atoms with Crippen molar-refractivity contribution in [2.24, 2.45) is 5.73 Å². The maximum atomic E-state index is 5.87. The summed E-state index contributed by atoms with van der Waals surface area (Å²) in [7, 11) is 0. The van der Waals surface area contributed by atoms with Crippen molar-refractivity contribution < 1.29 is 0 Å². The highest BCUT2D eigenvalue weighted by molar-refractivity contribution is 6.29. The second-order valence-electron chi connectivity index (χ2n) is 2.83. The Balaban J connectivity index is 2.52. The molecule has 62 valence electrons. The first-order valence-corrected chi connectivity index (χ1v) is 4.45. The number of hydrogen-bond acceptors (Lipinski definition) is 1. The van der Waals surface area contributed by atoms with Gasteiger partial charge in [-0.2, -0.15) is 0 Å². The molecule has 1 aliphatic rings. The molecule has 0 fully saturated rings. The van der Waals surface area contributed by atoms with Crippen LogP contribution in [0.3, 0.4) is 0 Å². The van der Waals surface area contributed by atoms with E-state index in [2.05, 4.69) is 6.08 Å². The minimum atomic E-state index is 0.747. The molecule has 1 aliphatic carbocycles. The van der Waals surface area contributed by atoms with Gasteiger partial charge in [-0.1, -0.05) is 23.3 Å². The van der Waals surface area contributed by atoms with Gasteiger partial charge in [0.15, 0.2) is 0 Å². The van der Waals surface area contributed by atoms with Gasteiger partial charge in [0.05, 0.1) is 0 Å². The van der Waals surface area contributed by atoms with Crippen molar-refractivity contribution >= 4 is 11.6 Å². The van der Waals surface area contributed by atoms with E-state index in [1.165, 1.54) is 12.0 Å². The van der Waals surface area contributed by atoms with Gasteiger partial charge in [0, 0.05) is 5.03 Å². The Hall–Kier alpha value is -0.270. The largest absolute Gasteiger partial charge is 0.330 e. The molecule has 0 aromatic heterocycles. The number of halogens is 1. The zero-order chi connectivity index (χ0) is 8.10. The van der Waals surface area contributed by atoms with Crippen molar-refractivity contribution in [2.75, 3.05) is 6.54 Å². The Bertz CT molecular complexity index is 178. The molecule has 0 atom stereocenters. The molecule has 0 bridgehead atoms. The van der Waals surface area contributed by atoms with Gasteiger partial charge in [-0.05, 0) is 38.3 Å². The van der Waals surface area contributed by atoms with E-state index in [0.29, 0.717) is 0 Å². The smallest absolute Gasteiger partial charge is 0.0181 e. The third-order valence-electron chi connectivity index (χ3n) is 1.88. The van der Waals surface area contributed by atoms with E-state index in [1.54, 1.807) is 0 Å². The fourth-order valence-corrected chi connectivity index (χ4v) is 1.45. The van der Waals surface area contributed by atoms with Crippen LogP contribution in [0.15, 0.2) is 22.8 Å². The predicted molar refractivity (Wildman–Crippen MR) is 49.5 cm³/mol. The Morgan fingerprint density at radius 1 is 1.36 bits per heavy atom. The van der Waals surface area contributed by atoms with Crippen LogP contribution in [0.5, 0.6) is 0 Å². The van der Waals surface area contributed by atoms with E-state index < -0.39 is 0 Å². The first kappa shape index (κ1) is 8.82. The lowest BCUT2D eigenvalue weighted by Gasteiger charge is -2.00. The van der Waals surface area contributed by atoms with Crippen molar-refractivity contribution in [1.82, 2.24) is 0 Å². The van der Waals surface area contributed by atoms with Crippen molar-refractivity contribution in [2.45, 2.75) is 25.7 Å². The summed E-state index contributed by atoms with van der Waals surface area (Å²) in [5, 5.41) is 0.969. The summed E-state index contributed by atoms with van der Waals surface area (Å²) in [5.41, 5.74) is 6.88. The molecule has 0 saturated heterocycles. The van der Waals surface area contributed by atoms with Gasteiger partial charge in [-0.15, -0.1) is 0 Å². The molecule has 2 heteroatoms. The van der Waals surface area contributed by atoms with Gasteiger partial charge in [-0.3, -0.25) is 0 Å². The summed E-state index contributed by atoms with van der Waals surface area (Å²) < 4.78 is 0. The molecule has 0 aromatic rings. The average Bonchev–Trinajstić information content (AvgIpc) is 2.17. The molecule has 1 rings (SSSR count). The summed E-state index contributed by atoms with van der Waals surface area (Å²) in [6.07, 6.45) is 8.47. The molecule has 0 radical (unpaired) electrons. The molecule has 0 unspecified atom stereocenters. The molecule has 1 nitrogen and oxygen atoms in total. The lowest BCUT2D eigenvalue weighted by atomic mass is 10.1. The van der Waals surface area contributed by atoms with E-state index in [1.807, 2.05) is 6.08 Å². The Morgan fingerprint density at radius 2 is 2.18 bits per heavy atom. The molecule has 0 aliphatic heterocycles. The van der Waals surface area contributed by atoms with Crippen LogP contribution in [0.4, 0.5) is 0 Å². The predicted octanol–water partition coefficient (Wildman–Crippen LogP) is 2.57. The SMILES string of the molecule is NCCC1=CC=C(Cl)CCC1. The molecule has 2 N–H and O–H groups in total. The molecule has 0 saturated carbocycles. The van der Waals surface area contributed by atoms with Crippen molar-refractivity contribution in [3.63, 3.8) is 0 Å². The minimum absolute atomic E-state index is 0.747. The maximum absolute atomic E-state index is 5.87. The zero-order valence-electron chi connectivity index (χ0n) is 6.65. The van der Waals surface area contributed by atoms with Crippen LogP contribution in [0.2, 0.25) is 0 Å². The Morgan fingerprint density at radius 3 is 2.91 bits per heavy atom. The summed E-state index contributed by atoms with van der Waals surface area (Å²) >= 11 is 5.87. The van der Waals surface area contributed by atoms with Crippen LogP contribution in [0.25, 0.3) is 0 Å². The fraction of sp³-hybridized carbons (Fsp3) is 0.556. The molecule has 0 amide bonds. The van der Waals surface area contributed by atoms with Crippen LogP contribution in [0, 0.1) is 0 Å². The summed E-state index contributed by atoms with van der Waals surface area (Å²) in [6.45, 7) is 0.747. The van der Waals surface area contributed by atoms with Gasteiger partial charge >= 0.3 is 0 Å². The first-order chi connectivity index (χ1) is 5.33. The molecule has 0 heterocycles. The normalized spacial score (nSPS) is 18.7. The van der Waals surface area contributed by atoms with Crippen molar-refractivity contribution in [3.05, 3.63) is 22.8 Å². The number of allylic oxidation sites excluding steroid dienone is 3. The summed E-state index contributed by atoms with van der Waals surface area (Å²) in [4.78, 5) is 0. The van der Waals surface area contributed by atoms with Gasteiger partial charge < -0.3 is 5.73 Å². The summed E-state index contributed by atoms with van der Waals surface area (Å²) in [6, 6.07) is 0. The van der Waals surface area contributed by atoms with Crippen LogP contribution < -0.4 is 5.73 Å². The molecular formula is C9H14ClN. The third-order valence-corrected chi connectivity index (χ3v) is 2.19. The monoisotopic (exact) mass is 171 g/mol. The lowest BCUT2D eigenvalue weighted by Crippen LogP contribution is -1.99. The lowest BCUT2D eigenvalue weighted by molar-refractivity contribution is 0.787. The van der Waals surface area contributed by atoms with Gasteiger partial charge in [0.2, 0.25) is 0 Å². The number of hydrogen-bond donors (Lipinski definition) is 1. The number of rotatable bonds is 2. The second kappa shape index (κ2) is 4.58. The first-order valence-electron chi connectivity index (χ1n) is 4.07. The van der Waals surface area contributed by atoms with Gasteiger partial charge in [-0.25, -0.2) is 0 Å². The van der Waals surface area contributed by atoms with E-state index in [-0.39, 0.29) is 0 Å². The minimum Gasteiger partial charge on any atom is -0.330 e. The Labute approximate surface area is 72.9 Å². The highest BCUT2D eigenvalue weighted by Gasteiger charge is 2.01. The highest BCUT2D eigenvalue weighted by atomic mass is 35.5. The second-order valence-corrected chi connectivity index (χ2v) is 3.32. The van der Waals surface area contributed by atoms with E-state index in [9.17, 15) is 0 Å². The standard InChI is InChI=1S/C9H14ClN/c10-9-3-1-2-8(4-5-9)6-7-11/h4-5H,1-3,6-7,11H2. The molecule has 11 heavy (non-hydrogen) atoms. The van der Waals surface area contributed by atoms with Crippen molar-refractivity contribution in [1.29, 1.82) is 0 Å². The fourth-order valence-electron chi connectivity index (χ4n) is 1.25. The van der Waals surface area contributed by atoms with E-state index in [0.717, 1.165) is 30.8 Å². The van der Waals surface area contributed by atoms with Crippen LogP contribution in [-0.2, 0) is 0 Å². The third kappa shape index (κ3) is 3.08. The van der Waals surface area contributed by atoms with Crippen LogP contribution in [-0.4, -0.2) is 6.54 Å². The maximum Gasteiger partial charge on any atom is 0.0181 e. The topological polar surface area (TPSA) is 26.0 Å². The molecule has 0 spiro atoms.